The Morgan fingerprint density at radius 3 is 2.70 bits per heavy atom. The molecule has 1 aliphatic heterocycles. The molecule has 0 aliphatic carbocycles. The van der Waals surface area contributed by atoms with Crippen molar-refractivity contribution in [3.05, 3.63) is 35.9 Å². The molecule has 1 aliphatic rings. The van der Waals surface area contributed by atoms with Gasteiger partial charge in [-0.3, -0.25) is 9.59 Å². The minimum Gasteiger partial charge on any atom is -0.469 e. The number of hydrogen-bond acceptors (Lipinski definition) is 8. The first-order valence-electron chi connectivity index (χ1n) is 9.81. The van der Waals surface area contributed by atoms with E-state index in [0.717, 1.165) is 5.56 Å². The first-order valence-corrected chi connectivity index (χ1v) is 11.3. The zero-order chi connectivity index (χ0) is 22.0. The third-order valence-electron chi connectivity index (χ3n) is 4.44. The normalized spacial score (nSPS) is 23.0. The summed E-state index contributed by atoms with van der Waals surface area (Å²) in [6.45, 7) is 4.88. The minimum atomic E-state index is -3.63. The maximum atomic E-state index is 12.5. The second-order valence-corrected chi connectivity index (χ2v) is 9.22. The monoisotopic (exact) mass is 444 g/mol. The molecule has 30 heavy (non-hydrogen) atoms. The smallest absolute Gasteiger partial charge is 0.469 e. The van der Waals surface area contributed by atoms with Crippen molar-refractivity contribution < 1.29 is 37.5 Å². The third kappa shape index (κ3) is 7.91. The van der Waals surface area contributed by atoms with Gasteiger partial charge in [-0.2, -0.15) is 13.9 Å². The Kier molecular flexibility index (Phi) is 9.61. The standard InChI is InChI=1S/C20H30NO8P/c1-20(2)15-28-30(24,29-18(20)19(23)21-11-10-17(22)25-3)27-13-7-12-26-14-16-8-5-4-6-9-16/h4-6,8-9,18,24H,7,10-15H2,1-3H3/p+1/t18-,30?/m0/s1. The average Bonchev–Trinajstić information content (AvgIpc) is 2.73. The van der Waals surface area contributed by atoms with E-state index in [4.69, 9.17) is 18.3 Å². The molecule has 2 atom stereocenters. The summed E-state index contributed by atoms with van der Waals surface area (Å²) in [5, 5.41) is 2.62. The van der Waals surface area contributed by atoms with Gasteiger partial charge in [0.05, 0.1) is 20.1 Å². The molecule has 2 N–H and O–H groups in total. The predicted molar refractivity (Wildman–Crippen MR) is 110 cm³/mol. The van der Waals surface area contributed by atoms with E-state index in [9.17, 15) is 14.5 Å². The van der Waals surface area contributed by atoms with Crippen LogP contribution in [-0.4, -0.2) is 56.3 Å². The SMILES string of the molecule is COC(=O)CCNC(=O)[C@@H]1O[P+](O)(OCCCOCc2ccccc2)OCC1(C)C. The largest absolute Gasteiger partial charge is 0.573 e. The number of nitrogens with one attached hydrogen (secondary N) is 1. The highest BCUT2D eigenvalue weighted by atomic mass is 31.2. The fraction of sp³-hybridized carbons (Fsp3) is 0.600. The number of ether oxygens (including phenoxy) is 2. The van der Waals surface area contributed by atoms with Crippen molar-refractivity contribution in [2.45, 2.75) is 39.4 Å². The number of carbonyl (C=O) groups is 2. The van der Waals surface area contributed by atoms with Crippen molar-refractivity contribution in [2.75, 3.05) is 33.5 Å². The van der Waals surface area contributed by atoms with Crippen molar-refractivity contribution >= 4 is 20.0 Å². The summed E-state index contributed by atoms with van der Waals surface area (Å²) in [5.41, 5.74) is 0.399. The fourth-order valence-electron chi connectivity index (χ4n) is 2.69. The molecular formula is C20H31NO8P+. The third-order valence-corrected chi connectivity index (χ3v) is 5.88. The Bertz CT molecular complexity index is 687. The number of carbonyl (C=O) groups excluding carboxylic acids is 2. The molecule has 1 fully saturated rings. The van der Waals surface area contributed by atoms with Crippen LogP contribution in [0.5, 0.6) is 0 Å². The number of hydrogen-bond donors (Lipinski definition) is 2. The van der Waals surface area contributed by atoms with Gasteiger partial charge in [0.1, 0.15) is 13.2 Å². The molecule has 1 saturated heterocycles. The Balaban J connectivity index is 1.74. The van der Waals surface area contributed by atoms with Crippen LogP contribution in [-0.2, 0) is 39.2 Å². The van der Waals surface area contributed by atoms with Crippen LogP contribution in [0.3, 0.4) is 0 Å². The lowest BCUT2D eigenvalue weighted by Gasteiger charge is -2.36. The summed E-state index contributed by atoms with van der Waals surface area (Å²) < 4.78 is 26.6. The van der Waals surface area contributed by atoms with E-state index in [1.54, 1.807) is 13.8 Å². The van der Waals surface area contributed by atoms with Crippen molar-refractivity contribution in [3.63, 3.8) is 0 Å². The zero-order valence-electron chi connectivity index (χ0n) is 17.7. The van der Waals surface area contributed by atoms with Gasteiger partial charge in [-0.1, -0.05) is 44.2 Å². The van der Waals surface area contributed by atoms with E-state index in [2.05, 4.69) is 10.1 Å². The van der Waals surface area contributed by atoms with Crippen molar-refractivity contribution in [3.8, 4) is 0 Å². The molecule has 0 spiro atoms. The lowest BCUT2D eigenvalue weighted by atomic mass is 9.87. The summed E-state index contributed by atoms with van der Waals surface area (Å²) in [5.74, 6) is -0.871. The molecule has 1 heterocycles. The molecule has 1 unspecified atom stereocenters. The molecule has 0 radical (unpaired) electrons. The maximum absolute atomic E-state index is 12.5. The first kappa shape index (κ1) is 24.7. The molecule has 1 aromatic carbocycles. The quantitative estimate of drug-likeness (QED) is 0.304. The van der Waals surface area contributed by atoms with Gasteiger partial charge in [0, 0.05) is 18.6 Å². The predicted octanol–water partition coefficient (Wildman–Crippen LogP) is 2.40. The van der Waals surface area contributed by atoms with Crippen LogP contribution in [0.1, 0.15) is 32.3 Å². The topological polar surface area (TPSA) is 113 Å². The lowest BCUT2D eigenvalue weighted by molar-refractivity contribution is -0.145. The number of rotatable bonds is 11. The summed E-state index contributed by atoms with van der Waals surface area (Å²) >= 11 is 0. The molecule has 168 valence electrons. The van der Waals surface area contributed by atoms with Gasteiger partial charge in [-0.15, -0.1) is 4.52 Å². The number of esters is 1. The van der Waals surface area contributed by atoms with Crippen molar-refractivity contribution in [1.82, 2.24) is 5.32 Å². The van der Waals surface area contributed by atoms with Crippen LogP contribution in [0.2, 0.25) is 0 Å². The number of amides is 1. The fourth-order valence-corrected chi connectivity index (χ4v) is 4.39. The molecule has 9 nitrogen and oxygen atoms in total. The van der Waals surface area contributed by atoms with Gasteiger partial charge in [-0.05, 0) is 12.0 Å². The highest BCUT2D eigenvalue weighted by Crippen LogP contribution is 2.63. The van der Waals surface area contributed by atoms with Crippen molar-refractivity contribution in [2.24, 2.45) is 5.41 Å². The maximum Gasteiger partial charge on any atom is 0.573 e. The second-order valence-electron chi connectivity index (χ2n) is 7.56. The van der Waals surface area contributed by atoms with E-state index in [1.807, 2.05) is 30.3 Å². The van der Waals surface area contributed by atoms with E-state index >= 15 is 0 Å². The molecule has 1 amide bonds. The molecule has 10 heteroatoms. The van der Waals surface area contributed by atoms with E-state index in [-0.39, 0.29) is 26.2 Å². The molecular weight excluding hydrogens is 413 g/mol. The summed E-state index contributed by atoms with van der Waals surface area (Å²) in [6, 6.07) is 9.80. The second kappa shape index (κ2) is 11.7. The minimum absolute atomic E-state index is 0.0464. The van der Waals surface area contributed by atoms with Crippen LogP contribution in [0.15, 0.2) is 30.3 Å². The lowest BCUT2D eigenvalue weighted by Crippen LogP contribution is -2.50. The average molecular weight is 444 g/mol. The van der Waals surface area contributed by atoms with Crippen molar-refractivity contribution in [1.29, 1.82) is 0 Å². The first-order chi connectivity index (χ1) is 14.3. The Morgan fingerprint density at radius 2 is 2.00 bits per heavy atom. The molecule has 0 saturated carbocycles. The van der Waals surface area contributed by atoms with Gasteiger partial charge >= 0.3 is 14.1 Å². The van der Waals surface area contributed by atoms with Gasteiger partial charge in [0.15, 0.2) is 6.10 Å². The molecule has 0 bridgehead atoms. The van der Waals surface area contributed by atoms with Crippen LogP contribution in [0.25, 0.3) is 0 Å². The van der Waals surface area contributed by atoms with E-state index in [0.29, 0.717) is 19.6 Å². The molecule has 2 rings (SSSR count). The molecule has 1 aromatic rings. The summed E-state index contributed by atoms with van der Waals surface area (Å²) in [7, 11) is -2.34. The van der Waals surface area contributed by atoms with Gasteiger partial charge in [-0.25, -0.2) is 0 Å². The highest BCUT2D eigenvalue weighted by Gasteiger charge is 2.59. The van der Waals surface area contributed by atoms with Gasteiger partial charge < -0.3 is 14.8 Å². The van der Waals surface area contributed by atoms with Crippen LogP contribution < -0.4 is 5.32 Å². The molecule has 0 aromatic heterocycles. The zero-order valence-corrected chi connectivity index (χ0v) is 18.6. The van der Waals surface area contributed by atoms with Crippen LogP contribution in [0, 0.1) is 5.41 Å². The van der Waals surface area contributed by atoms with E-state index < -0.39 is 31.6 Å². The Hall–Kier alpha value is -1.61. The van der Waals surface area contributed by atoms with E-state index in [1.165, 1.54) is 7.11 Å². The highest BCUT2D eigenvalue weighted by molar-refractivity contribution is 7.55. The Morgan fingerprint density at radius 1 is 1.27 bits per heavy atom. The Labute approximate surface area is 177 Å². The van der Waals surface area contributed by atoms with Crippen LogP contribution in [0.4, 0.5) is 0 Å². The number of methoxy groups -OCH3 is 1. The summed E-state index contributed by atoms with van der Waals surface area (Å²) in [6.07, 6.45) is -0.400. The van der Waals surface area contributed by atoms with Gasteiger partial charge in [0.2, 0.25) is 0 Å². The number of benzene rings is 1. The summed E-state index contributed by atoms with van der Waals surface area (Å²) in [4.78, 5) is 34.3. The van der Waals surface area contributed by atoms with Gasteiger partial charge in [0.25, 0.3) is 5.91 Å². The van der Waals surface area contributed by atoms with Crippen LogP contribution >= 0.6 is 8.17 Å².